The normalized spacial score (nSPS) is 43.7. The summed E-state index contributed by atoms with van der Waals surface area (Å²) in [7, 11) is -3.93. The molecule has 0 aliphatic heterocycles. The van der Waals surface area contributed by atoms with Crippen LogP contribution in [0.25, 0.3) is 0 Å². The van der Waals surface area contributed by atoms with Crippen molar-refractivity contribution in [3.63, 3.8) is 0 Å². The average molecular weight is 451 g/mol. The number of hydrogen-bond donors (Lipinski definition) is 1. The molecule has 1 unspecified atom stereocenters. The van der Waals surface area contributed by atoms with Crippen LogP contribution in [0.3, 0.4) is 0 Å². The average Bonchev–Trinajstić information content (AvgIpc) is 3.03. The third kappa shape index (κ3) is 4.18. The van der Waals surface area contributed by atoms with Gasteiger partial charge >= 0.3 is 0 Å². The van der Waals surface area contributed by atoms with Gasteiger partial charge in [-0.3, -0.25) is 4.55 Å². The third-order valence-corrected chi connectivity index (χ3v) is 11.9. The summed E-state index contributed by atoms with van der Waals surface area (Å²) < 4.78 is 33.2. The standard InChI is InChI=1S/C27H46O3S/c1-18(2)7-6-8-19(3)23-11-12-24-22-10-9-20-17-21(31(28,29)30)13-15-26(20,4)25(22)14-16-27(23,24)5/h9,18-19,21-25H,6-8,10-17H2,1-5H3,(H,28,29,30)/t19?,21-,22-,23+,24-,25-,26-,27+/m0/s1. The minimum atomic E-state index is -3.93. The van der Waals surface area contributed by atoms with Gasteiger partial charge in [0.15, 0.2) is 0 Å². The van der Waals surface area contributed by atoms with Crippen molar-refractivity contribution >= 4 is 10.1 Å². The molecule has 0 aromatic heterocycles. The number of fused-ring (bicyclic) bond motifs is 5. The molecule has 31 heavy (non-hydrogen) atoms. The maximum atomic E-state index is 11.8. The second-order valence-electron chi connectivity index (χ2n) is 12.7. The molecule has 0 bridgehead atoms. The highest BCUT2D eigenvalue weighted by Gasteiger charge is 2.59. The summed E-state index contributed by atoms with van der Waals surface area (Å²) in [5, 5.41) is -0.584. The minimum absolute atomic E-state index is 0.145. The molecule has 0 saturated heterocycles. The summed E-state index contributed by atoms with van der Waals surface area (Å²) in [5.74, 6) is 4.82. The lowest BCUT2D eigenvalue weighted by Gasteiger charge is -2.58. The lowest BCUT2D eigenvalue weighted by molar-refractivity contribution is -0.0499. The zero-order valence-electron chi connectivity index (χ0n) is 20.6. The zero-order chi connectivity index (χ0) is 22.6. The summed E-state index contributed by atoms with van der Waals surface area (Å²) in [5.41, 5.74) is 1.97. The maximum absolute atomic E-state index is 11.8. The van der Waals surface area contributed by atoms with Gasteiger partial charge in [0, 0.05) is 0 Å². The van der Waals surface area contributed by atoms with Crippen LogP contribution in [0.4, 0.5) is 0 Å². The summed E-state index contributed by atoms with van der Waals surface area (Å²) in [6.45, 7) is 12.3. The van der Waals surface area contributed by atoms with Gasteiger partial charge in [-0.25, -0.2) is 0 Å². The molecule has 3 nitrogen and oxygen atoms in total. The molecule has 4 aliphatic rings. The molecular weight excluding hydrogens is 404 g/mol. The highest BCUT2D eigenvalue weighted by Crippen LogP contribution is 2.67. The van der Waals surface area contributed by atoms with E-state index >= 15 is 0 Å². The molecule has 4 aliphatic carbocycles. The van der Waals surface area contributed by atoms with Crippen molar-refractivity contribution < 1.29 is 13.0 Å². The van der Waals surface area contributed by atoms with E-state index in [1.807, 2.05) is 0 Å². The predicted octanol–water partition coefficient (Wildman–Crippen LogP) is 7.28. The van der Waals surface area contributed by atoms with E-state index in [-0.39, 0.29) is 5.41 Å². The largest absolute Gasteiger partial charge is 0.285 e. The van der Waals surface area contributed by atoms with Crippen LogP contribution < -0.4 is 0 Å². The van der Waals surface area contributed by atoms with E-state index in [2.05, 4.69) is 40.7 Å². The molecule has 0 radical (unpaired) electrons. The quantitative estimate of drug-likeness (QED) is 0.341. The molecule has 0 aromatic carbocycles. The molecule has 3 fully saturated rings. The van der Waals surface area contributed by atoms with E-state index in [9.17, 15) is 13.0 Å². The lowest BCUT2D eigenvalue weighted by Crippen LogP contribution is -2.51. The van der Waals surface area contributed by atoms with Crippen molar-refractivity contribution in [1.82, 2.24) is 0 Å². The molecule has 0 amide bonds. The molecule has 1 N–H and O–H groups in total. The first-order chi connectivity index (χ1) is 14.5. The Balaban J connectivity index is 1.50. The van der Waals surface area contributed by atoms with Crippen LogP contribution in [0.15, 0.2) is 11.6 Å². The molecule has 0 spiro atoms. The van der Waals surface area contributed by atoms with Gasteiger partial charge < -0.3 is 0 Å². The molecule has 178 valence electrons. The minimum Gasteiger partial charge on any atom is -0.285 e. The summed E-state index contributed by atoms with van der Waals surface area (Å²) in [6, 6.07) is 0. The fourth-order valence-electron chi connectivity index (χ4n) is 8.91. The first kappa shape index (κ1) is 23.8. The highest BCUT2D eigenvalue weighted by atomic mass is 32.2. The van der Waals surface area contributed by atoms with Gasteiger partial charge in [0.05, 0.1) is 5.25 Å². The van der Waals surface area contributed by atoms with Crippen molar-refractivity contribution in [2.45, 2.75) is 110 Å². The SMILES string of the molecule is CC(C)CCCC(C)[C@H]1CC[C@H]2[C@@H]3CC=C4C[C@@H](S(=O)(=O)O)CC[C@]4(C)[C@H]3CC[C@]12C. The Bertz CT molecular complexity index is 799. The maximum Gasteiger partial charge on any atom is 0.268 e. The van der Waals surface area contributed by atoms with Gasteiger partial charge in [-0.15, -0.1) is 0 Å². The smallest absolute Gasteiger partial charge is 0.268 e. The van der Waals surface area contributed by atoms with E-state index < -0.39 is 15.4 Å². The van der Waals surface area contributed by atoms with E-state index in [1.54, 1.807) is 0 Å². The van der Waals surface area contributed by atoms with Gasteiger partial charge in [-0.05, 0) is 97.7 Å². The van der Waals surface area contributed by atoms with Gasteiger partial charge in [0.2, 0.25) is 0 Å². The van der Waals surface area contributed by atoms with Crippen LogP contribution in [0.5, 0.6) is 0 Å². The first-order valence-corrected chi connectivity index (χ1v) is 14.6. The molecule has 3 saturated carbocycles. The Labute approximate surface area is 191 Å². The second kappa shape index (κ2) is 8.46. The monoisotopic (exact) mass is 450 g/mol. The fourth-order valence-corrected chi connectivity index (χ4v) is 9.71. The molecule has 4 heteroatoms. The van der Waals surface area contributed by atoms with Crippen molar-refractivity contribution in [1.29, 1.82) is 0 Å². The van der Waals surface area contributed by atoms with Crippen LogP contribution in [-0.4, -0.2) is 18.2 Å². The predicted molar refractivity (Wildman–Crippen MR) is 128 cm³/mol. The van der Waals surface area contributed by atoms with E-state index in [1.165, 1.54) is 50.5 Å². The van der Waals surface area contributed by atoms with Gasteiger partial charge in [0.1, 0.15) is 0 Å². The molecule has 0 aromatic rings. The molecule has 8 atom stereocenters. The van der Waals surface area contributed by atoms with E-state index in [0.717, 1.165) is 42.4 Å². The number of allylic oxidation sites excluding steroid dienone is 2. The Kier molecular flexibility index (Phi) is 6.49. The van der Waals surface area contributed by atoms with Crippen molar-refractivity contribution in [3.8, 4) is 0 Å². The van der Waals surface area contributed by atoms with Crippen LogP contribution in [0, 0.1) is 46.3 Å². The van der Waals surface area contributed by atoms with Gasteiger partial charge in [0.25, 0.3) is 10.1 Å². The lowest BCUT2D eigenvalue weighted by atomic mass is 9.47. The topological polar surface area (TPSA) is 54.4 Å². The summed E-state index contributed by atoms with van der Waals surface area (Å²) in [4.78, 5) is 0. The summed E-state index contributed by atoms with van der Waals surface area (Å²) >= 11 is 0. The Hall–Kier alpha value is -0.350. The van der Waals surface area contributed by atoms with Crippen LogP contribution in [0.1, 0.15) is 105 Å². The highest BCUT2D eigenvalue weighted by molar-refractivity contribution is 7.86. The Morgan fingerprint density at radius 1 is 1.03 bits per heavy atom. The van der Waals surface area contributed by atoms with Crippen LogP contribution >= 0.6 is 0 Å². The van der Waals surface area contributed by atoms with Crippen molar-refractivity contribution in [2.75, 3.05) is 0 Å². The number of hydrogen-bond acceptors (Lipinski definition) is 2. The third-order valence-electron chi connectivity index (χ3n) is 10.7. The molecule has 4 rings (SSSR count). The second-order valence-corrected chi connectivity index (χ2v) is 14.4. The number of rotatable bonds is 6. The Morgan fingerprint density at radius 3 is 2.45 bits per heavy atom. The van der Waals surface area contributed by atoms with Gasteiger partial charge in [-0.1, -0.05) is 65.5 Å². The van der Waals surface area contributed by atoms with E-state index in [0.29, 0.717) is 24.2 Å². The molecule has 0 heterocycles. The van der Waals surface area contributed by atoms with Crippen LogP contribution in [0.2, 0.25) is 0 Å². The summed E-state index contributed by atoms with van der Waals surface area (Å²) in [6.07, 6.45) is 15.2. The van der Waals surface area contributed by atoms with Crippen molar-refractivity contribution in [3.05, 3.63) is 11.6 Å². The van der Waals surface area contributed by atoms with Crippen molar-refractivity contribution in [2.24, 2.45) is 46.3 Å². The molecular formula is C27H46O3S. The Morgan fingerprint density at radius 2 is 1.77 bits per heavy atom. The van der Waals surface area contributed by atoms with E-state index in [4.69, 9.17) is 0 Å². The zero-order valence-corrected chi connectivity index (χ0v) is 21.4. The van der Waals surface area contributed by atoms with Gasteiger partial charge in [-0.2, -0.15) is 8.42 Å². The first-order valence-electron chi connectivity index (χ1n) is 13.1. The fraction of sp³-hybridized carbons (Fsp3) is 0.926. The van der Waals surface area contributed by atoms with Crippen LogP contribution in [-0.2, 0) is 10.1 Å².